The van der Waals surface area contributed by atoms with Gasteiger partial charge in [0, 0.05) is 65.5 Å². The maximum atomic E-state index is 13.2. The molecule has 5 rings (SSSR count). The van der Waals surface area contributed by atoms with Crippen molar-refractivity contribution >= 4 is 58.0 Å². The van der Waals surface area contributed by atoms with E-state index >= 15 is 0 Å². The van der Waals surface area contributed by atoms with Gasteiger partial charge in [0.2, 0.25) is 11.8 Å². The highest BCUT2D eigenvalue weighted by Gasteiger charge is 2.17. The second-order valence-electron chi connectivity index (χ2n) is 12.2. The Morgan fingerprint density at radius 3 is 1.44 bits per heavy atom. The molecule has 5 amide bonds. The number of anilines is 5. The maximum absolute atomic E-state index is 13.2. The smallest absolute Gasteiger partial charge is 0.323 e. The molecule has 2 saturated heterocycles. The molecule has 0 atom stereocenters. The zero-order valence-electron chi connectivity index (χ0n) is 27.3. The summed E-state index contributed by atoms with van der Waals surface area (Å²) in [4.78, 5) is 68.6. The number of likely N-dealkylation sites (tertiary alicyclic amines) is 2. The molecule has 2 aliphatic heterocycles. The van der Waals surface area contributed by atoms with Crippen molar-refractivity contribution in [2.45, 2.75) is 45.4 Å². The van der Waals surface area contributed by atoms with Gasteiger partial charge in [-0.1, -0.05) is 18.2 Å². The van der Waals surface area contributed by atoms with Crippen LogP contribution in [-0.4, -0.2) is 78.6 Å². The van der Waals surface area contributed by atoms with Gasteiger partial charge in [0.1, 0.15) is 0 Å². The van der Waals surface area contributed by atoms with Crippen LogP contribution in [0.5, 0.6) is 0 Å². The molecule has 0 aliphatic carbocycles. The standard InChI is InChI=1S/C36H43N7O5/c1-25(44)26-19-29(37-33(45)11-17-42-13-5-6-14-42)23-31(20-26)40-36(48)41-32-22-27(35(47)39-28-9-3-2-4-10-28)21-30(24-32)38-34(46)12-18-43-15-7-8-16-43/h2-4,9-10,19-24H,5-8,11-18H2,1H3,(H,37,45)(H,38,46)(H,39,47)(H2,40,41,48). The van der Waals surface area contributed by atoms with E-state index in [-0.39, 0.29) is 28.8 Å². The lowest BCUT2D eigenvalue weighted by atomic mass is 10.1. The van der Waals surface area contributed by atoms with E-state index in [1.54, 1.807) is 48.5 Å². The summed E-state index contributed by atoms with van der Waals surface area (Å²) in [5.41, 5.74) is 2.45. The van der Waals surface area contributed by atoms with Crippen molar-refractivity contribution in [2.24, 2.45) is 0 Å². The third kappa shape index (κ3) is 10.5. The molecular formula is C36H43N7O5. The minimum absolute atomic E-state index is 0.182. The van der Waals surface area contributed by atoms with E-state index in [9.17, 15) is 24.0 Å². The van der Waals surface area contributed by atoms with Crippen molar-refractivity contribution in [2.75, 3.05) is 65.9 Å². The summed E-state index contributed by atoms with van der Waals surface area (Å²) >= 11 is 0. The van der Waals surface area contributed by atoms with Crippen LogP contribution in [0.25, 0.3) is 0 Å². The molecule has 48 heavy (non-hydrogen) atoms. The molecule has 2 fully saturated rings. The van der Waals surface area contributed by atoms with Crippen molar-refractivity contribution in [3.63, 3.8) is 0 Å². The van der Waals surface area contributed by atoms with Crippen LogP contribution in [0.4, 0.5) is 33.2 Å². The number of nitrogens with zero attached hydrogens (tertiary/aromatic N) is 2. The molecule has 0 aromatic heterocycles. The molecule has 0 spiro atoms. The number of carbonyl (C=O) groups is 5. The van der Waals surface area contributed by atoms with E-state index in [4.69, 9.17) is 0 Å². The normalized spacial score (nSPS) is 14.7. The predicted octanol–water partition coefficient (Wildman–Crippen LogP) is 5.63. The lowest BCUT2D eigenvalue weighted by molar-refractivity contribution is -0.117. The number of hydrogen-bond donors (Lipinski definition) is 5. The van der Waals surface area contributed by atoms with Crippen LogP contribution in [0, 0.1) is 0 Å². The summed E-state index contributed by atoms with van der Waals surface area (Å²) in [7, 11) is 0. The Balaban J connectivity index is 1.28. The second kappa shape index (κ2) is 16.7. The molecule has 3 aromatic rings. The van der Waals surface area contributed by atoms with Gasteiger partial charge in [-0.15, -0.1) is 0 Å². The number of hydrogen-bond acceptors (Lipinski definition) is 7. The largest absolute Gasteiger partial charge is 0.326 e. The van der Waals surface area contributed by atoms with E-state index in [1.807, 2.05) is 6.07 Å². The molecule has 3 aromatic carbocycles. The second-order valence-corrected chi connectivity index (χ2v) is 12.2. The number of benzene rings is 3. The van der Waals surface area contributed by atoms with Crippen LogP contribution in [0.15, 0.2) is 66.7 Å². The summed E-state index contributed by atoms with van der Waals surface area (Å²) < 4.78 is 0. The van der Waals surface area contributed by atoms with Gasteiger partial charge >= 0.3 is 6.03 Å². The highest BCUT2D eigenvalue weighted by molar-refractivity contribution is 6.08. The minimum Gasteiger partial charge on any atom is -0.326 e. The third-order valence-electron chi connectivity index (χ3n) is 8.36. The monoisotopic (exact) mass is 653 g/mol. The van der Waals surface area contributed by atoms with Gasteiger partial charge in [-0.2, -0.15) is 0 Å². The Bertz CT molecular complexity index is 1630. The van der Waals surface area contributed by atoms with Crippen LogP contribution in [0.3, 0.4) is 0 Å². The van der Waals surface area contributed by atoms with Crippen molar-refractivity contribution in [3.8, 4) is 0 Å². The molecule has 0 radical (unpaired) electrons. The fourth-order valence-electron chi connectivity index (χ4n) is 5.88. The number of nitrogens with one attached hydrogen (secondary N) is 5. The van der Waals surface area contributed by atoms with Gasteiger partial charge in [0.05, 0.1) is 0 Å². The molecule has 252 valence electrons. The predicted molar refractivity (Wildman–Crippen MR) is 188 cm³/mol. The number of para-hydroxylation sites is 1. The summed E-state index contributed by atoms with van der Waals surface area (Å²) in [5.74, 6) is -1.03. The number of urea groups is 1. The molecule has 0 unspecified atom stereocenters. The molecule has 0 bridgehead atoms. The number of amides is 5. The van der Waals surface area contributed by atoms with E-state index in [2.05, 4.69) is 36.4 Å². The highest BCUT2D eigenvalue weighted by atomic mass is 16.2. The number of ketones is 1. The maximum Gasteiger partial charge on any atom is 0.323 e. The summed E-state index contributed by atoms with van der Waals surface area (Å²) in [5, 5.41) is 14.0. The SMILES string of the molecule is CC(=O)c1cc(NC(=O)CCN2CCCC2)cc(NC(=O)Nc2cc(NC(=O)CCN3CCCC3)cc(C(=O)Nc3ccccc3)c2)c1. The zero-order chi connectivity index (χ0) is 33.9. The minimum atomic E-state index is -0.645. The molecule has 2 aliphatic rings. The third-order valence-corrected chi connectivity index (χ3v) is 8.36. The van der Waals surface area contributed by atoms with Gasteiger partial charge in [0.25, 0.3) is 5.91 Å². The van der Waals surface area contributed by atoms with Crippen LogP contribution < -0.4 is 26.6 Å². The van der Waals surface area contributed by atoms with Crippen molar-refractivity contribution in [1.82, 2.24) is 9.80 Å². The van der Waals surface area contributed by atoms with Gasteiger partial charge in [-0.05, 0) is 107 Å². The molecule has 12 heteroatoms. The van der Waals surface area contributed by atoms with Gasteiger partial charge in [-0.3, -0.25) is 19.2 Å². The number of carbonyl (C=O) groups excluding carboxylic acids is 5. The number of Topliss-reactive ketones (excluding diaryl/α,β-unsaturated/α-hetero) is 1. The quantitative estimate of drug-likeness (QED) is 0.150. The Morgan fingerprint density at radius 1 is 0.542 bits per heavy atom. The fourth-order valence-corrected chi connectivity index (χ4v) is 5.88. The molecule has 5 N–H and O–H groups in total. The Morgan fingerprint density at radius 2 is 0.979 bits per heavy atom. The lowest BCUT2D eigenvalue weighted by Crippen LogP contribution is -2.25. The highest BCUT2D eigenvalue weighted by Crippen LogP contribution is 2.24. The van der Waals surface area contributed by atoms with Crippen LogP contribution >= 0.6 is 0 Å². The van der Waals surface area contributed by atoms with E-state index in [0.717, 1.165) is 51.9 Å². The summed E-state index contributed by atoms with van der Waals surface area (Å²) in [6, 6.07) is 17.6. The van der Waals surface area contributed by atoms with Crippen molar-refractivity contribution in [1.29, 1.82) is 0 Å². The van der Waals surface area contributed by atoms with E-state index in [1.165, 1.54) is 19.1 Å². The van der Waals surface area contributed by atoms with Crippen LogP contribution in [-0.2, 0) is 9.59 Å². The molecule has 12 nitrogen and oxygen atoms in total. The summed E-state index contributed by atoms with van der Waals surface area (Å²) in [6.07, 6.45) is 5.15. The average molecular weight is 654 g/mol. The first-order valence-electron chi connectivity index (χ1n) is 16.5. The average Bonchev–Trinajstić information content (AvgIpc) is 3.78. The topological polar surface area (TPSA) is 152 Å². The number of rotatable bonds is 13. The van der Waals surface area contributed by atoms with Crippen molar-refractivity contribution in [3.05, 3.63) is 77.9 Å². The summed E-state index contributed by atoms with van der Waals surface area (Å²) in [6.45, 7) is 6.65. The van der Waals surface area contributed by atoms with E-state index < -0.39 is 11.9 Å². The van der Waals surface area contributed by atoms with Crippen LogP contribution in [0.2, 0.25) is 0 Å². The Kier molecular flexibility index (Phi) is 11.9. The Labute approximate surface area is 280 Å². The lowest BCUT2D eigenvalue weighted by Gasteiger charge is -2.16. The van der Waals surface area contributed by atoms with E-state index in [0.29, 0.717) is 54.2 Å². The van der Waals surface area contributed by atoms with Crippen molar-refractivity contribution < 1.29 is 24.0 Å². The Hall–Kier alpha value is -5.07. The molecular weight excluding hydrogens is 610 g/mol. The first-order chi connectivity index (χ1) is 23.2. The fraction of sp³-hybridized carbons (Fsp3) is 0.361. The van der Waals surface area contributed by atoms with Gasteiger partial charge < -0.3 is 36.4 Å². The van der Waals surface area contributed by atoms with Gasteiger partial charge in [0.15, 0.2) is 5.78 Å². The molecule has 2 heterocycles. The first kappa shape index (κ1) is 34.3. The first-order valence-corrected chi connectivity index (χ1v) is 16.5. The van der Waals surface area contributed by atoms with Gasteiger partial charge in [-0.25, -0.2) is 4.79 Å². The zero-order valence-corrected chi connectivity index (χ0v) is 27.3. The molecule has 0 saturated carbocycles. The van der Waals surface area contributed by atoms with Crippen LogP contribution in [0.1, 0.15) is 66.2 Å².